The van der Waals surface area contributed by atoms with Crippen molar-refractivity contribution in [1.82, 2.24) is 0 Å². The van der Waals surface area contributed by atoms with E-state index in [4.69, 9.17) is 4.74 Å². The number of carboxylic acid groups (broad SMARTS) is 1. The van der Waals surface area contributed by atoms with Gasteiger partial charge in [0, 0.05) is 0 Å². The average molecular weight is 339 g/mol. The molecule has 23 heavy (non-hydrogen) atoms. The second-order valence-electron chi connectivity index (χ2n) is 5.94. The number of carbonyl (C=O) groups is 1. The first-order valence-corrected chi connectivity index (χ1v) is 8.39. The van der Waals surface area contributed by atoms with E-state index in [0.717, 1.165) is 32.1 Å². The van der Waals surface area contributed by atoms with Gasteiger partial charge in [-0.3, -0.25) is 0 Å². The van der Waals surface area contributed by atoms with Crippen molar-refractivity contribution in [2.45, 2.75) is 64.4 Å². The van der Waals surface area contributed by atoms with Gasteiger partial charge >= 0.3 is 5.97 Å². The molecule has 128 valence electrons. The maximum Gasteiger partial charge on any atom is 0.344 e. The Labute approximate surface area is 145 Å². The second kappa shape index (κ2) is 10.3. The molecule has 0 radical (unpaired) electrons. The van der Waals surface area contributed by atoms with Gasteiger partial charge in [-0.25, -0.2) is 4.79 Å². The molecule has 2 rings (SSSR count). The van der Waals surface area contributed by atoms with Gasteiger partial charge in [0.2, 0.25) is 0 Å². The molecular weight excluding hydrogens is 312 g/mol. The van der Waals surface area contributed by atoms with Crippen LogP contribution in [0.5, 0.6) is 5.75 Å². The minimum atomic E-state index is -0.879. The van der Waals surface area contributed by atoms with Crippen LogP contribution in [0.1, 0.15) is 63.9 Å². The number of hydrogen-bond acceptors (Lipinski definition) is 2. The van der Waals surface area contributed by atoms with Gasteiger partial charge in [-0.15, -0.1) is 12.4 Å². The third-order valence-electron chi connectivity index (χ3n) is 4.14. The number of hydrogen-bond donors (Lipinski definition) is 1. The van der Waals surface area contributed by atoms with Crippen molar-refractivity contribution in [1.29, 1.82) is 0 Å². The highest BCUT2D eigenvalue weighted by atomic mass is 35.5. The van der Waals surface area contributed by atoms with Crippen molar-refractivity contribution in [3.63, 3.8) is 0 Å². The standard InChI is InChI=1S/C19H26O3.ClH/c1-2-3-5-10-18(19(20)21)22-17-13-11-16(12-14-17)15-8-6-4-7-9-15;/h8,11-14,18H,2-7,9-10H2,1H3,(H,20,21);1H. The molecule has 1 aliphatic rings. The number of allylic oxidation sites excluding steroid dienone is 2. The number of benzene rings is 1. The summed E-state index contributed by atoms with van der Waals surface area (Å²) in [6.07, 6.45) is 9.97. The van der Waals surface area contributed by atoms with Gasteiger partial charge < -0.3 is 9.84 Å². The van der Waals surface area contributed by atoms with Crippen molar-refractivity contribution < 1.29 is 14.6 Å². The quantitative estimate of drug-likeness (QED) is 0.638. The molecular formula is C19H27ClO3. The number of ether oxygens (including phenoxy) is 1. The van der Waals surface area contributed by atoms with Crippen LogP contribution in [0, 0.1) is 0 Å². The Hall–Kier alpha value is -1.48. The van der Waals surface area contributed by atoms with Crippen molar-refractivity contribution in [3.05, 3.63) is 35.9 Å². The van der Waals surface area contributed by atoms with Crippen LogP contribution in [-0.4, -0.2) is 17.2 Å². The van der Waals surface area contributed by atoms with Gasteiger partial charge in [-0.2, -0.15) is 0 Å². The molecule has 0 heterocycles. The van der Waals surface area contributed by atoms with Gasteiger partial charge in [-0.05, 0) is 61.8 Å². The summed E-state index contributed by atoms with van der Waals surface area (Å²) >= 11 is 0. The van der Waals surface area contributed by atoms with E-state index in [9.17, 15) is 9.90 Å². The maximum absolute atomic E-state index is 11.3. The van der Waals surface area contributed by atoms with Crippen LogP contribution < -0.4 is 4.74 Å². The predicted molar refractivity (Wildman–Crippen MR) is 96.3 cm³/mol. The van der Waals surface area contributed by atoms with Crippen molar-refractivity contribution >= 4 is 23.9 Å². The smallest absolute Gasteiger partial charge is 0.344 e. The summed E-state index contributed by atoms with van der Waals surface area (Å²) in [5, 5.41) is 9.26. The molecule has 1 atom stereocenters. The Kier molecular flexibility index (Phi) is 8.78. The van der Waals surface area contributed by atoms with E-state index in [0.29, 0.717) is 12.2 Å². The average Bonchev–Trinajstić information content (AvgIpc) is 2.55. The number of unbranched alkanes of at least 4 members (excludes halogenated alkanes) is 2. The first kappa shape index (κ1) is 19.6. The Morgan fingerprint density at radius 3 is 2.52 bits per heavy atom. The van der Waals surface area contributed by atoms with Crippen LogP contribution in [0.15, 0.2) is 30.3 Å². The number of aliphatic carboxylic acids is 1. The van der Waals surface area contributed by atoms with Gasteiger partial charge in [0.25, 0.3) is 0 Å². The highest BCUT2D eigenvalue weighted by molar-refractivity contribution is 5.85. The number of carboxylic acids is 1. The first-order valence-electron chi connectivity index (χ1n) is 8.39. The van der Waals surface area contributed by atoms with Crippen LogP contribution in [0.4, 0.5) is 0 Å². The fourth-order valence-electron chi connectivity index (χ4n) is 2.82. The lowest BCUT2D eigenvalue weighted by atomic mass is 9.94. The summed E-state index contributed by atoms with van der Waals surface area (Å²) in [6.45, 7) is 2.11. The Morgan fingerprint density at radius 1 is 1.22 bits per heavy atom. The second-order valence-corrected chi connectivity index (χ2v) is 5.94. The van der Waals surface area contributed by atoms with E-state index in [1.807, 2.05) is 24.3 Å². The predicted octanol–water partition coefficient (Wildman–Crippen LogP) is 5.48. The van der Waals surface area contributed by atoms with Crippen molar-refractivity contribution in [3.8, 4) is 5.75 Å². The summed E-state index contributed by atoms with van der Waals surface area (Å²) in [7, 11) is 0. The molecule has 0 bridgehead atoms. The lowest BCUT2D eigenvalue weighted by Gasteiger charge is -2.16. The van der Waals surface area contributed by atoms with Crippen molar-refractivity contribution in [2.24, 2.45) is 0 Å². The molecule has 0 saturated heterocycles. The Morgan fingerprint density at radius 2 is 1.96 bits per heavy atom. The Bertz CT molecular complexity index is 508. The first-order chi connectivity index (χ1) is 10.7. The van der Waals surface area contributed by atoms with Crippen LogP contribution in [0.25, 0.3) is 5.57 Å². The number of halogens is 1. The van der Waals surface area contributed by atoms with Gasteiger partial charge in [0.1, 0.15) is 5.75 Å². The van der Waals surface area contributed by atoms with E-state index >= 15 is 0 Å². The molecule has 0 fully saturated rings. The molecule has 3 nitrogen and oxygen atoms in total. The molecule has 0 saturated carbocycles. The van der Waals surface area contributed by atoms with Crippen LogP contribution in [0.2, 0.25) is 0 Å². The molecule has 1 N–H and O–H groups in total. The van der Waals surface area contributed by atoms with Crippen LogP contribution in [-0.2, 0) is 4.79 Å². The normalized spacial score (nSPS) is 15.3. The third-order valence-corrected chi connectivity index (χ3v) is 4.14. The zero-order chi connectivity index (χ0) is 15.8. The topological polar surface area (TPSA) is 46.5 Å². The Balaban J connectivity index is 0.00000264. The van der Waals surface area contributed by atoms with E-state index in [2.05, 4.69) is 13.0 Å². The van der Waals surface area contributed by atoms with Crippen molar-refractivity contribution in [2.75, 3.05) is 0 Å². The van der Waals surface area contributed by atoms with Crippen LogP contribution >= 0.6 is 12.4 Å². The molecule has 1 aliphatic carbocycles. The highest BCUT2D eigenvalue weighted by Crippen LogP contribution is 2.28. The third kappa shape index (κ3) is 6.26. The molecule has 0 aliphatic heterocycles. The van der Waals surface area contributed by atoms with E-state index in [1.54, 1.807) is 0 Å². The summed E-state index contributed by atoms with van der Waals surface area (Å²) in [5.74, 6) is -0.237. The molecule has 1 aromatic carbocycles. The lowest BCUT2D eigenvalue weighted by Crippen LogP contribution is -2.26. The minimum Gasteiger partial charge on any atom is -0.479 e. The molecule has 0 aromatic heterocycles. The van der Waals surface area contributed by atoms with E-state index in [-0.39, 0.29) is 12.4 Å². The zero-order valence-corrected chi connectivity index (χ0v) is 14.6. The fraction of sp³-hybridized carbons (Fsp3) is 0.526. The summed E-state index contributed by atoms with van der Waals surface area (Å²) in [5.41, 5.74) is 2.63. The molecule has 1 unspecified atom stereocenters. The largest absolute Gasteiger partial charge is 0.479 e. The number of rotatable bonds is 8. The molecule has 1 aromatic rings. The fourth-order valence-corrected chi connectivity index (χ4v) is 2.82. The van der Waals surface area contributed by atoms with Gasteiger partial charge in [0.05, 0.1) is 0 Å². The highest BCUT2D eigenvalue weighted by Gasteiger charge is 2.18. The molecule has 0 amide bonds. The van der Waals surface area contributed by atoms with Gasteiger partial charge in [-0.1, -0.05) is 38.0 Å². The summed E-state index contributed by atoms with van der Waals surface area (Å²) in [4.78, 5) is 11.3. The molecule has 4 heteroatoms. The summed E-state index contributed by atoms with van der Waals surface area (Å²) in [6, 6.07) is 7.86. The minimum absolute atomic E-state index is 0. The maximum atomic E-state index is 11.3. The van der Waals surface area contributed by atoms with Crippen LogP contribution in [0.3, 0.4) is 0 Å². The zero-order valence-electron chi connectivity index (χ0n) is 13.8. The SMILES string of the molecule is CCCCCC(Oc1ccc(C2=CCCCC2)cc1)C(=O)O.Cl. The summed E-state index contributed by atoms with van der Waals surface area (Å²) < 4.78 is 5.65. The van der Waals surface area contributed by atoms with Gasteiger partial charge in [0.15, 0.2) is 6.10 Å². The van der Waals surface area contributed by atoms with E-state index in [1.165, 1.54) is 24.0 Å². The lowest BCUT2D eigenvalue weighted by molar-refractivity contribution is -0.145. The monoisotopic (exact) mass is 338 g/mol. The molecule has 0 spiro atoms. The van der Waals surface area contributed by atoms with E-state index < -0.39 is 12.1 Å².